The van der Waals surface area contributed by atoms with Crippen molar-refractivity contribution in [3.05, 3.63) is 59.8 Å². The molecule has 4 heteroatoms. The minimum atomic E-state index is -0.154. The molecule has 20 heavy (non-hydrogen) atoms. The van der Waals surface area contributed by atoms with Crippen LogP contribution in [0.4, 0.5) is 4.39 Å². The summed E-state index contributed by atoms with van der Waals surface area (Å²) in [6.07, 6.45) is 1.72. The molecule has 0 unspecified atom stereocenters. The first kappa shape index (κ1) is 13.3. The third-order valence-electron chi connectivity index (χ3n) is 3.72. The van der Waals surface area contributed by atoms with Crippen molar-refractivity contribution in [3.8, 4) is 0 Å². The van der Waals surface area contributed by atoms with Crippen molar-refractivity contribution in [1.82, 2.24) is 9.80 Å². The van der Waals surface area contributed by atoms with Gasteiger partial charge in [-0.15, -0.1) is 0 Å². The van der Waals surface area contributed by atoms with Gasteiger partial charge in [-0.25, -0.2) is 4.39 Å². The highest BCUT2D eigenvalue weighted by molar-refractivity contribution is 5.16. The summed E-state index contributed by atoms with van der Waals surface area (Å²) in [6.45, 7) is 5.77. The highest BCUT2D eigenvalue weighted by Gasteiger charge is 2.17. The lowest BCUT2D eigenvalue weighted by atomic mass is 10.2. The number of piperazine rings is 1. The van der Waals surface area contributed by atoms with E-state index in [0.29, 0.717) is 0 Å². The lowest BCUT2D eigenvalue weighted by Crippen LogP contribution is -2.45. The molecular weight excluding hydrogens is 255 g/mol. The van der Waals surface area contributed by atoms with Crippen molar-refractivity contribution in [2.24, 2.45) is 0 Å². The smallest absolute Gasteiger partial charge is 0.123 e. The van der Waals surface area contributed by atoms with Crippen molar-refractivity contribution in [1.29, 1.82) is 0 Å². The second kappa shape index (κ2) is 6.20. The Labute approximate surface area is 118 Å². The second-order valence-electron chi connectivity index (χ2n) is 5.26. The molecular formula is C16H19FN2O. The van der Waals surface area contributed by atoms with E-state index in [1.54, 1.807) is 18.4 Å². The molecule has 3 rings (SSSR count). The molecule has 0 radical (unpaired) electrons. The van der Waals surface area contributed by atoms with E-state index >= 15 is 0 Å². The number of halogens is 1. The Balaban J connectivity index is 1.48. The van der Waals surface area contributed by atoms with Gasteiger partial charge >= 0.3 is 0 Å². The molecule has 3 nitrogen and oxygen atoms in total. The van der Waals surface area contributed by atoms with E-state index in [4.69, 9.17) is 4.42 Å². The van der Waals surface area contributed by atoms with Gasteiger partial charge < -0.3 is 4.42 Å². The van der Waals surface area contributed by atoms with Gasteiger partial charge in [-0.3, -0.25) is 9.80 Å². The maximum atomic E-state index is 13.2. The fourth-order valence-electron chi connectivity index (χ4n) is 2.62. The number of rotatable bonds is 4. The molecule has 0 atom stereocenters. The van der Waals surface area contributed by atoms with Gasteiger partial charge in [-0.05, 0) is 29.8 Å². The minimum absolute atomic E-state index is 0.154. The molecule has 1 aliphatic rings. The van der Waals surface area contributed by atoms with E-state index in [1.807, 2.05) is 18.2 Å². The van der Waals surface area contributed by atoms with Crippen LogP contribution in [0.15, 0.2) is 47.1 Å². The molecule has 0 spiro atoms. The first-order chi connectivity index (χ1) is 9.79. The van der Waals surface area contributed by atoms with E-state index < -0.39 is 0 Å². The van der Waals surface area contributed by atoms with E-state index in [0.717, 1.165) is 50.6 Å². The predicted octanol–water partition coefficient (Wildman–Crippen LogP) is 2.74. The van der Waals surface area contributed by atoms with Crippen LogP contribution in [-0.2, 0) is 13.1 Å². The molecule has 0 aliphatic carbocycles. The van der Waals surface area contributed by atoms with Crippen molar-refractivity contribution in [3.63, 3.8) is 0 Å². The Bertz CT molecular complexity index is 533. The van der Waals surface area contributed by atoms with Crippen LogP contribution in [0.2, 0.25) is 0 Å². The van der Waals surface area contributed by atoms with Gasteiger partial charge in [0, 0.05) is 32.7 Å². The third-order valence-corrected chi connectivity index (χ3v) is 3.72. The average molecular weight is 274 g/mol. The minimum Gasteiger partial charge on any atom is -0.468 e. The first-order valence-electron chi connectivity index (χ1n) is 7.01. The SMILES string of the molecule is Fc1cccc(CN2CCN(Cc3ccco3)CC2)c1. The number of hydrogen-bond acceptors (Lipinski definition) is 3. The summed E-state index contributed by atoms with van der Waals surface area (Å²) >= 11 is 0. The number of nitrogens with zero attached hydrogens (tertiary/aromatic N) is 2. The summed E-state index contributed by atoms with van der Waals surface area (Å²) in [5, 5.41) is 0. The maximum Gasteiger partial charge on any atom is 0.123 e. The topological polar surface area (TPSA) is 19.6 Å². The van der Waals surface area contributed by atoms with Gasteiger partial charge in [0.1, 0.15) is 11.6 Å². The summed E-state index contributed by atoms with van der Waals surface area (Å²) in [7, 11) is 0. The fraction of sp³-hybridized carbons (Fsp3) is 0.375. The highest BCUT2D eigenvalue weighted by atomic mass is 19.1. The Kier molecular flexibility index (Phi) is 4.14. The fourth-order valence-corrected chi connectivity index (χ4v) is 2.62. The lowest BCUT2D eigenvalue weighted by molar-refractivity contribution is 0.116. The maximum absolute atomic E-state index is 13.2. The van der Waals surface area contributed by atoms with Gasteiger partial charge in [0.15, 0.2) is 0 Å². The molecule has 2 aromatic rings. The van der Waals surface area contributed by atoms with Crippen LogP contribution in [0.25, 0.3) is 0 Å². The Morgan fingerprint density at radius 2 is 1.70 bits per heavy atom. The summed E-state index contributed by atoms with van der Waals surface area (Å²) < 4.78 is 18.5. The largest absolute Gasteiger partial charge is 0.468 e. The lowest BCUT2D eigenvalue weighted by Gasteiger charge is -2.34. The molecule has 0 bridgehead atoms. The van der Waals surface area contributed by atoms with E-state index in [9.17, 15) is 4.39 Å². The molecule has 1 saturated heterocycles. The Morgan fingerprint density at radius 3 is 2.35 bits per heavy atom. The molecule has 0 amide bonds. The van der Waals surface area contributed by atoms with Crippen LogP contribution >= 0.6 is 0 Å². The molecule has 1 aliphatic heterocycles. The van der Waals surface area contributed by atoms with Crippen LogP contribution < -0.4 is 0 Å². The van der Waals surface area contributed by atoms with Crippen LogP contribution in [0.3, 0.4) is 0 Å². The molecule has 2 heterocycles. The van der Waals surface area contributed by atoms with Crippen molar-refractivity contribution in [2.75, 3.05) is 26.2 Å². The summed E-state index contributed by atoms with van der Waals surface area (Å²) in [5.41, 5.74) is 1.05. The van der Waals surface area contributed by atoms with Gasteiger partial charge in [0.05, 0.1) is 12.8 Å². The van der Waals surface area contributed by atoms with Gasteiger partial charge in [0.2, 0.25) is 0 Å². The number of benzene rings is 1. The standard InChI is InChI=1S/C16H19FN2O/c17-15-4-1-3-14(11-15)12-18-6-8-19(9-7-18)13-16-5-2-10-20-16/h1-5,10-11H,6-9,12-13H2. The van der Waals surface area contributed by atoms with Gasteiger partial charge in [-0.1, -0.05) is 12.1 Å². The highest BCUT2D eigenvalue weighted by Crippen LogP contribution is 2.12. The summed E-state index contributed by atoms with van der Waals surface area (Å²) in [5.74, 6) is 0.863. The zero-order chi connectivity index (χ0) is 13.8. The monoisotopic (exact) mass is 274 g/mol. The van der Waals surface area contributed by atoms with Crippen LogP contribution in [0, 0.1) is 5.82 Å². The van der Waals surface area contributed by atoms with Crippen LogP contribution in [-0.4, -0.2) is 36.0 Å². The molecule has 106 valence electrons. The average Bonchev–Trinajstić information content (AvgIpc) is 2.94. The van der Waals surface area contributed by atoms with Crippen molar-refractivity contribution < 1.29 is 8.81 Å². The van der Waals surface area contributed by atoms with E-state index in [-0.39, 0.29) is 5.82 Å². The zero-order valence-electron chi connectivity index (χ0n) is 11.5. The molecule has 0 saturated carbocycles. The number of hydrogen-bond donors (Lipinski definition) is 0. The first-order valence-corrected chi connectivity index (χ1v) is 7.01. The van der Waals surface area contributed by atoms with Gasteiger partial charge in [0.25, 0.3) is 0 Å². The normalized spacial score (nSPS) is 17.4. The number of furan rings is 1. The van der Waals surface area contributed by atoms with E-state index in [2.05, 4.69) is 9.80 Å². The Morgan fingerprint density at radius 1 is 0.950 bits per heavy atom. The van der Waals surface area contributed by atoms with Crippen molar-refractivity contribution >= 4 is 0 Å². The van der Waals surface area contributed by atoms with Crippen LogP contribution in [0.1, 0.15) is 11.3 Å². The van der Waals surface area contributed by atoms with E-state index in [1.165, 1.54) is 6.07 Å². The summed E-state index contributed by atoms with van der Waals surface area (Å²) in [4.78, 5) is 4.76. The quantitative estimate of drug-likeness (QED) is 0.854. The molecule has 1 aromatic carbocycles. The molecule has 1 aromatic heterocycles. The third kappa shape index (κ3) is 3.46. The second-order valence-corrected chi connectivity index (χ2v) is 5.26. The Hall–Kier alpha value is -1.65. The van der Waals surface area contributed by atoms with Gasteiger partial charge in [-0.2, -0.15) is 0 Å². The van der Waals surface area contributed by atoms with Crippen molar-refractivity contribution in [2.45, 2.75) is 13.1 Å². The predicted molar refractivity (Wildman–Crippen MR) is 75.7 cm³/mol. The van der Waals surface area contributed by atoms with Crippen LogP contribution in [0.5, 0.6) is 0 Å². The zero-order valence-corrected chi connectivity index (χ0v) is 11.5. The molecule has 0 N–H and O–H groups in total. The summed E-state index contributed by atoms with van der Waals surface area (Å²) in [6, 6.07) is 10.8. The molecule has 1 fully saturated rings.